The van der Waals surface area contributed by atoms with Gasteiger partial charge in [-0.15, -0.1) is 0 Å². The minimum absolute atomic E-state index is 0.0955. The lowest BCUT2D eigenvalue weighted by Crippen LogP contribution is -2.49. The number of aromatic nitrogens is 1. The molecule has 2 N–H and O–H groups in total. The van der Waals surface area contributed by atoms with Crippen LogP contribution in [0, 0.1) is 6.92 Å². The van der Waals surface area contributed by atoms with Crippen molar-refractivity contribution < 1.29 is 19.1 Å². The minimum Gasteiger partial charge on any atom is -0.376 e. The van der Waals surface area contributed by atoms with Crippen molar-refractivity contribution in [3.8, 4) is 0 Å². The van der Waals surface area contributed by atoms with E-state index in [4.69, 9.17) is 4.74 Å². The molecule has 2 atom stereocenters. The summed E-state index contributed by atoms with van der Waals surface area (Å²) in [5.41, 5.74) is 1.89. The number of ether oxygens (including phenoxy) is 1. The zero-order valence-electron chi connectivity index (χ0n) is 22.4. The van der Waals surface area contributed by atoms with E-state index in [1.807, 2.05) is 31.2 Å². The van der Waals surface area contributed by atoms with E-state index in [0.29, 0.717) is 25.4 Å². The van der Waals surface area contributed by atoms with Gasteiger partial charge in [-0.1, -0.05) is 55.2 Å². The monoisotopic (exact) mass is 520 g/mol. The Hall–Kier alpha value is -3.26. The molecule has 0 radical (unpaired) electrons. The second-order valence-electron chi connectivity index (χ2n) is 10.5. The van der Waals surface area contributed by atoms with E-state index in [1.54, 1.807) is 29.3 Å². The van der Waals surface area contributed by atoms with Crippen LogP contribution in [-0.2, 0) is 19.1 Å². The molecule has 8 nitrogen and oxygen atoms in total. The van der Waals surface area contributed by atoms with Gasteiger partial charge < -0.3 is 20.3 Å². The second-order valence-corrected chi connectivity index (χ2v) is 10.5. The zero-order chi connectivity index (χ0) is 26.7. The molecule has 2 heterocycles. The summed E-state index contributed by atoms with van der Waals surface area (Å²) in [6.45, 7) is 3.03. The second kappa shape index (κ2) is 14.0. The van der Waals surface area contributed by atoms with Crippen LogP contribution in [0.5, 0.6) is 0 Å². The van der Waals surface area contributed by atoms with Gasteiger partial charge in [0.15, 0.2) is 0 Å². The number of rotatable bonds is 11. The molecule has 1 aliphatic heterocycles. The van der Waals surface area contributed by atoms with Crippen LogP contribution in [0.25, 0.3) is 0 Å². The Balaban J connectivity index is 1.48. The first-order valence-electron chi connectivity index (χ1n) is 14.0. The van der Waals surface area contributed by atoms with Gasteiger partial charge in [0, 0.05) is 38.2 Å². The van der Waals surface area contributed by atoms with Gasteiger partial charge in [0.25, 0.3) is 0 Å². The fourth-order valence-corrected chi connectivity index (χ4v) is 5.29. The van der Waals surface area contributed by atoms with Crippen LogP contribution < -0.4 is 10.6 Å². The van der Waals surface area contributed by atoms with Crippen molar-refractivity contribution >= 4 is 23.5 Å². The van der Waals surface area contributed by atoms with Crippen LogP contribution >= 0.6 is 0 Å². The molecular formula is C30H40N4O4. The lowest BCUT2D eigenvalue weighted by Gasteiger charge is -2.35. The minimum atomic E-state index is -0.739. The quantitative estimate of drug-likeness (QED) is 0.447. The molecule has 1 aromatic carbocycles. The van der Waals surface area contributed by atoms with Crippen molar-refractivity contribution in [1.82, 2.24) is 15.2 Å². The standard InChI is InChI=1S/C30H40N4O4/c1-22-15-17-23(18-16-22)29(30(37)32-24-9-3-2-4-10-24)34(21-25-11-8-20-38-25)28(36)14-7-13-27(35)33-26-12-5-6-19-31-26/h5-6,12,15-19,24-25,29H,2-4,7-11,13-14,20-21H2,1H3,(H,32,37)(H,31,33,35)/t25-,29-/m1/s1. The number of pyridine rings is 1. The van der Waals surface area contributed by atoms with E-state index in [1.165, 1.54) is 6.42 Å². The summed E-state index contributed by atoms with van der Waals surface area (Å²) in [5, 5.41) is 6.01. The number of hydrogen-bond acceptors (Lipinski definition) is 5. The number of carbonyl (C=O) groups excluding carboxylic acids is 3. The average Bonchev–Trinajstić information content (AvgIpc) is 3.44. The molecule has 38 heavy (non-hydrogen) atoms. The van der Waals surface area contributed by atoms with Crippen LogP contribution in [0.3, 0.4) is 0 Å². The Kier molecular flexibility index (Phi) is 10.3. The van der Waals surface area contributed by atoms with Crippen LogP contribution in [0.1, 0.15) is 81.4 Å². The predicted molar refractivity (Wildman–Crippen MR) is 146 cm³/mol. The summed E-state index contributed by atoms with van der Waals surface area (Å²) in [7, 11) is 0. The molecule has 8 heteroatoms. The fraction of sp³-hybridized carbons (Fsp3) is 0.533. The van der Waals surface area contributed by atoms with Crippen molar-refractivity contribution in [3.05, 3.63) is 59.8 Å². The zero-order valence-corrected chi connectivity index (χ0v) is 22.4. The molecule has 1 aliphatic carbocycles. The molecule has 2 aliphatic rings. The lowest BCUT2D eigenvalue weighted by molar-refractivity contribution is -0.143. The number of amides is 3. The topological polar surface area (TPSA) is 101 Å². The van der Waals surface area contributed by atoms with Gasteiger partial charge in [-0.2, -0.15) is 0 Å². The summed E-state index contributed by atoms with van der Waals surface area (Å²) in [6.07, 6.45) is 9.43. The third-order valence-electron chi connectivity index (χ3n) is 7.38. The van der Waals surface area contributed by atoms with E-state index >= 15 is 0 Å². The van der Waals surface area contributed by atoms with Gasteiger partial charge >= 0.3 is 0 Å². The molecule has 2 fully saturated rings. The maximum atomic E-state index is 13.8. The van der Waals surface area contributed by atoms with E-state index < -0.39 is 6.04 Å². The van der Waals surface area contributed by atoms with E-state index in [0.717, 1.165) is 49.7 Å². The third kappa shape index (κ3) is 8.12. The van der Waals surface area contributed by atoms with Crippen LogP contribution in [0.2, 0.25) is 0 Å². The lowest BCUT2D eigenvalue weighted by atomic mass is 9.94. The molecule has 3 amide bonds. The molecule has 1 aromatic heterocycles. The maximum absolute atomic E-state index is 13.8. The summed E-state index contributed by atoms with van der Waals surface area (Å²) in [4.78, 5) is 45.7. The fourth-order valence-electron chi connectivity index (χ4n) is 5.29. The number of nitrogens with one attached hydrogen (secondary N) is 2. The van der Waals surface area contributed by atoms with Gasteiger partial charge in [-0.25, -0.2) is 4.98 Å². The molecule has 1 saturated carbocycles. The largest absolute Gasteiger partial charge is 0.376 e. The number of hydrogen-bond donors (Lipinski definition) is 2. The SMILES string of the molecule is Cc1ccc([C@H](C(=O)NC2CCCCC2)N(C[C@H]2CCCO2)C(=O)CCCC(=O)Nc2ccccn2)cc1. The van der Waals surface area contributed by atoms with Crippen molar-refractivity contribution in [1.29, 1.82) is 0 Å². The van der Waals surface area contributed by atoms with Gasteiger partial charge in [0.05, 0.1) is 6.10 Å². The van der Waals surface area contributed by atoms with Gasteiger partial charge in [0.2, 0.25) is 17.7 Å². The van der Waals surface area contributed by atoms with Gasteiger partial charge in [-0.3, -0.25) is 14.4 Å². The number of anilines is 1. The van der Waals surface area contributed by atoms with Crippen molar-refractivity contribution in [2.24, 2.45) is 0 Å². The highest BCUT2D eigenvalue weighted by molar-refractivity contribution is 5.91. The predicted octanol–water partition coefficient (Wildman–Crippen LogP) is 4.70. The number of benzene rings is 1. The van der Waals surface area contributed by atoms with E-state index in [-0.39, 0.29) is 42.7 Å². The Morgan fingerprint density at radius 2 is 1.79 bits per heavy atom. The molecule has 2 aromatic rings. The van der Waals surface area contributed by atoms with Crippen molar-refractivity contribution in [3.63, 3.8) is 0 Å². The molecule has 0 spiro atoms. The van der Waals surface area contributed by atoms with Crippen LogP contribution in [0.15, 0.2) is 48.7 Å². The normalized spacial score (nSPS) is 18.5. The molecule has 0 bridgehead atoms. The maximum Gasteiger partial charge on any atom is 0.247 e. The third-order valence-corrected chi connectivity index (χ3v) is 7.38. The smallest absolute Gasteiger partial charge is 0.247 e. The molecule has 0 unspecified atom stereocenters. The first kappa shape index (κ1) is 27.8. The van der Waals surface area contributed by atoms with Crippen LogP contribution in [-0.4, -0.2) is 52.9 Å². The number of carbonyl (C=O) groups is 3. The highest BCUT2D eigenvalue weighted by Crippen LogP contribution is 2.27. The number of nitrogens with zero attached hydrogens (tertiary/aromatic N) is 2. The van der Waals surface area contributed by atoms with Crippen molar-refractivity contribution in [2.45, 2.75) is 89.3 Å². The summed E-state index contributed by atoms with van der Waals surface area (Å²) in [6, 6.07) is 12.6. The Morgan fingerprint density at radius 3 is 2.47 bits per heavy atom. The number of aryl methyl sites for hydroxylation is 1. The molecule has 1 saturated heterocycles. The highest BCUT2D eigenvalue weighted by Gasteiger charge is 2.35. The summed E-state index contributed by atoms with van der Waals surface area (Å²) in [5.74, 6) is 0.0189. The molecule has 4 rings (SSSR count). The van der Waals surface area contributed by atoms with Gasteiger partial charge in [-0.05, 0) is 56.7 Å². The average molecular weight is 521 g/mol. The van der Waals surface area contributed by atoms with Gasteiger partial charge in [0.1, 0.15) is 11.9 Å². The molecular weight excluding hydrogens is 480 g/mol. The van der Waals surface area contributed by atoms with Crippen LogP contribution in [0.4, 0.5) is 5.82 Å². The first-order valence-corrected chi connectivity index (χ1v) is 14.0. The first-order chi connectivity index (χ1) is 18.5. The Labute approximate surface area is 225 Å². The summed E-state index contributed by atoms with van der Waals surface area (Å²) >= 11 is 0. The molecule has 204 valence electrons. The Morgan fingerprint density at radius 1 is 1.00 bits per heavy atom. The van der Waals surface area contributed by atoms with Crippen molar-refractivity contribution in [2.75, 3.05) is 18.5 Å². The Bertz CT molecular complexity index is 1050. The highest BCUT2D eigenvalue weighted by atomic mass is 16.5. The van der Waals surface area contributed by atoms with E-state index in [2.05, 4.69) is 15.6 Å². The van der Waals surface area contributed by atoms with E-state index in [9.17, 15) is 14.4 Å². The summed E-state index contributed by atoms with van der Waals surface area (Å²) < 4.78 is 5.88.